The van der Waals surface area contributed by atoms with Gasteiger partial charge in [0, 0.05) is 6.54 Å². The van der Waals surface area contributed by atoms with Crippen LogP contribution >= 0.6 is 0 Å². The molecule has 1 unspecified atom stereocenters. The summed E-state index contributed by atoms with van der Waals surface area (Å²) in [6, 6.07) is 6.15. The van der Waals surface area contributed by atoms with Gasteiger partial charge in [0.15, 0.2) is 6.10 Å². The molecule has 1 aromatic rings. The van der Waals surface area contributed by atoms with Crippen molar-refractivity contribution in [1.82, 2.24) is 5.32 Å². The van der Waals surface area contributed by atoms with Crippen molar-refractivity contribution in [2.75, 3.05) is 6.54 Å². The van der Waals surface area contributed by atoms with E-state index < -0.39 is 6.10 Å². The molecular formula is C16H25NO2. The van der Waals surface area contributed by atoms with Gasteiger partial charge < -0.3 is 10.1 Å². The zero-order chi connectivity index (χ0) is 14.4. The largest absolute Gasteiger partial charge is 0.481 e. The number of aryl methyl sites for hydroxylation is 1. The van der Waals surface area contributed by atoms with Gasteiger partial charge in [0.2, 0.25) is 0 Å². The number of ether oxygens (including phenoxy) is 1. The topological polar surface area (TPSA) is 38.3 Å². The van der Waals surface area contributed by atoms with Gasteiger partial charge in [-0.1, -0.05) is 32.9 Å². The SMILES string of the molecule is CCCNC(=O)C(C)Oc1cc(C)ccc1C(C)C. The molecule has 1 rings (SSSR count). The number of rotatable bonds is 6. The third-order valence-electron chi connectivity index (χ3n) is 3.01. The van der Waals surface area contributed by atoms with Gasteiger partial charge in [-0.05, 0) is 43.4 Å². The maximum atomic E-state index is 11.8. The zero-order valence-corrected chi connectivity index (χ0v) is 12.6. The molecule has 0 spiro atoms. The summed E-state index contributed by atoms with van der Waals surface area (Å²) in [6.45, 7) is 10.8. The Balaban J connectivity index is 2.80. The second kappa shape index (κ2) is 7.17. The summed E-state index contributed by atoms with van der Waals surface area (Å²) in [4.78, 5) is 11.8. The van der Waals surface area contributed by atoms with Crippen molar-refractivity contribution in [2.24, 2.45) is 0 Å². The quantitative estimate of drug-likeness (QED) is 0.854. The van der Waals surface area contributed by atoms with Gasteiger partial charge in [-0.25, -0.2) is 0 Å². The number of hydrogen-bond acceptors (Lipinski definition) is 2. The molecule has 0 saturated carbocycles. The highest BCUT2D eigenvalue weighted by Gasteiger charge is 2.16. The van der Waals surface area contributed by atoms with Crippen molar-refractivity contribution in [1.29, 1.82) is 0 Å². The first-order valence-corrected chi connectivity index (χ1v) is 7.00. The molecule has 106 valence electrons. The third kappa shape index (κ3) is 4.58. The highest BCUT2D eigenvalue weighted by atomic mass is 16.5. The number of carbonyl (C=O) groups excluding carboxylic acids is 1. The smallest absolute Gasteiger partial charge is 0.260 e. The standard InChI is InChI=1S/C16H25NO2/c1-6-9-17-16(18)13(5)19-15-10-12(4)7-8-14(15)11(2)3/h7-8,10-11,13H,6,9H2,1-5H3,(H,17,18). The first-order chi connectivity index (χ1) is 8.95. The average Bonchev–Trinajstić information content (AvgIpc) is 2.35. The number of benzene rings is 1. The molecule has 1 amide bonds. The Hall–Kier alpha value is -1.51. The third-order valence-corrected chi connectivity index (χ3v) is 3.01. The minimum Gasteiger partial charge on any atom is -0.481 e. The van der Waals surface area contributed by atoms with E-state index in [2.05, 4.69) is 31.3 Å². The Bertz CT molecular complexity index is 427. The van der Waals surface area contributed by atoms with Crippen LogP contribution in [0.4, 0.5) is 0 Å². The van der Waals surface area contributed by atoms with Crippen LogP contribution in [0.15, 0.2) is 18.2 Å². The van der Waals surface area contributed by atoms with E-state index in [1.54, 1.807) is 6.92 Å². The molecule has 0 aliphatic rings. The molecule has 3 heteroatoms. The van der Waals surface area contributed by atoms with Crippen LogP contribution in [-0.2, 0) is 4.79 Å². The Kier molecular flexibility index (Phi) is 5.87. The molecule has 1 atom stereocenters. The number of carbonyl (C=O) groups is 1. The average molecular weight is 263 g/mol. The van der Waals surface area contributed by atoms with Crippen molar-refractivity contribution in [3.8, 4) is 5.75 Å². The fourth-order valence-corrected chi connectivity index (χ4v) is 1.86. The Morgan fingerprint density at radius 2 is 2.00 bits per heavy atom. The first-order valence-electron chi connectivity index (χ1n) is 7.00. The minimum atomic E-state index is -0.467. The Morgan fingerprint density at radius 3 is 2.58 bits per heavy atom. The lowest BCUT2D eigenvalue weighted by Gasteiger charge is -2.19. The van der Waals surface area contributed by atoms with Crippen LogP contribution in [0.2, 0.25) is 0 Å². The van der Waals surface area contributed by atoms with E-state index in [0.29, 0.717) is 12.5 Å². The van der Waals surface area contributed by atoms with Crippen LogP contribution in [0.25, 0.3) is 0 Å². The molecule has 0 aliphatic heterocycles. The zero-order valence-electron chi connectivity index (χ0n) is 12.6. The van der Waals surface area contributed by atoms with Gasteiger partial charge in [-0.2, -0.15) is 0 Å². The van der Waals surface area contributed by atoms with E-state index in [4.69, 9.17) is 4.74 Å². The lowest BCUT2D eigenvalue weighted by atomic mass is 10.0. The molecule has 0 heterocycles. The molecule has 1 N–H and O–H groups in total. The van der Waals surface area contributed by atoms with Crippen molar-refractivity contribution < 1.29 is 9.53 Å². The Labute approximate surface area is 116 Å². The normalized spacial score (nSPS) is 12.3. The van der Waals surface area contributed by atoms with Gasteiger partial charge in [-0.15, -0.1) is 0 Å². The van der Waals surface area contributed by atoms with Crippen LogP contribution in [0.3, 0.4) is 0 Å². The van der Waals surface area contributed by atoms with Crippen LogP contribution < -0.4 is 10.1 Å². The Morgan fingerprint density at radius 1 is 1.32 bits per heavy atom. The van der Waals surface area contributed by atoms with Crippen molar-refractivity contribution >= 4 is 5.91 Å². The van der Waals surface area contributed by atoms with E-state index in [1.807, 2.05) is 19.9 Å². The maximum absolute atomic E-state index is 11.8. The monoisotopic (exact) mass is 263 g/mol. The second-order valence-corrected chi connectivity index (χ2v) is 5.25. The summed E-state index contributed by atoms with van der Waals surface area (Å²) in [5.74, 6) is 1.13. The van der Waals surface area contributed by atoms with E-state index in [-0.39, 0.29) is 5.91 Å². The summed E-state index contributed by atoms with van der Waals surface area (Å²) in [5.41, 5.74) is 2.28. The molecular weight excluding hydrogens is 238 g/mol. The fourth-order valence-electron chi connectivity index (χ4n) is 1.86. The number of amides is 1. The summed E-state index contributed by atoms with van der Waals surface area (Å²) >= 11 is 0. The van der Waals surface area contributed by atoms with Crippen molar-refractivity contribution in [3.05, 3.63) is 29.3 Å². The van der Waals surface area contributed by atoms with E-state index in [1.165, 1.54) is 0 Å². The van der Waals surface area contributed by atoms with Gasteiger partial charge in [-0.3, -0.25) is 4.79 Å². The summed E-state index contributed by atoms with van der Waals surface area (Å²) in [6.07, 6.45) is 0.464. The molecule has 0 aromatic heterocycles. The van der Waals surface area contributed by atoms with E-state index >= 15 is 0 Å². The van der Waals surface area contributed by atoms with Crippen LogP contribution in [0, 0.1) is 6.92 Å². The highest BCUT2D eigenvalue weighted by Crippen LogP contribution is 2.28. The molecule has 0 saturated heterocycles. The van der Waals surface area contributed by atoms with Gasteiger partial charge in [0.05, 0.1) is 0 Å². The maximum Gasteiger partial charge on any atom is 0.260 e. The summed E-state index contributed by atoms with van der Waals surface area (Å²) in [5, 5.41) is 2.85. The summed E-state index contributed by atoms with van der Waals surface area (Å²) < 4.78 is 5.83. The molecule has 0 fully saturated rings. The predicted octanol–water partition coefficient (Wildman–Crippen LogP) is 3.41. The number of hydrogen-bond donors (Lipinski definition) is 1. The summed E-state index contributed by atoms with van der Waals surface area (Å²) in [7, 11) is 0. The fraction of sp³-hybridized carbons (Fsp3) is 0.562. The lowest BCUT2D eigenvalue weighted by Crippen LogP contribution is -2.36. The van der Waals surface area contributed by atoms with Gasteiger partial charge in [0.1, 0.15) is 5.75 Å². The van der Waals surface area contributed by atoms with Gasteiger partial charge in [0.25, 0.3) is 5.91 Å². The molecule has 19 heavy (non-hydrogen) atoms. The predicted molar refractivity (Wildman–Crippen MR) is 78.7 cm³/mol. The van der Waals surface area contributed by atoms with Crippen molar-refractivity contribution in [3.63, 3.8) is 0 Å². The van der Waals surface area contributed by atoms with Crippen molar-refractivity contribution in [2.45, 2.75) is 53.1 Å². The van der Waals surface area contributed by atoms with E-state index in [9.17, 15) is 4.79 Å². The molecule has 3 nitrogen and oxygen atoms in total. The van der Waals surface area contributed by atoms with Gasteiger partial charge >= 0.3 is 0 Å². The van der Waals surface area contributed by atoms with Crippen LogP contribution in [0.5, 0.6) is 5.75 Å². The van der Waals surface area contributed by atoms with E-state index in [0.717, 1.165) is 23.3 Å². The van der Waals surface area contributed by atoms with Crippen LogP contribution in [0.1, 0.15) is 51.2 Å². The second-order valence-electron chi connectivity index (χ2n) is 5.25. The highest BCUT2D eigenvalue weighted by molar-refractivity contribution is 5.80. The molecule has 0 aliphatic carbocycles. The molecule has 0 radical (unpaired) electrons. The number of nitrogens with one attached hydrogen (secondary N) is 1. The molecule has 1 aromatic carbocycles. The molecule has 0 bridgehead atoms. The van der Waals surface area contributed by atoms with Crippen LogP contribution in [-0.4, -0.2) is 18.6 Å². The first kappa shape index (κ1) is 15.5. The lowest BCUT2D eigenvalue weighted by molar-refractivity contribution is -0.127. The minimum absolute atomic E-state index is 0.0573.